The van der Waals surface area contributed by atoms with Gasteiger partial charge in [0, 0.05) is 6.08 Å². The molecule has 3 heteroatoms. The third-order valence-corrected chi connectivity index (χ3v) is 1.33. The molecule has 0 heterocycles. The molecule has 0 spiro atoms. The molecule has 1 radical (unpaired) electrons. The first kappa shape index (κ1) is 11.2. The number of esters is 1. The molecule has 0 aromatic rings. The van der Waals surface area contributed by atoms with Gasteiger partial charge in [0.25, 0.3) is 0 Å². The van der Waals surface area contributed by atoms with Crippen LogP contribution in [0.4, 0.5) is 0 Å². The first-order chi connectivity index (χ1) is 5.81. The van der Waals surface area contributed by atoms with E-state index in [1.54, 1.807) is 0 Å². The predicted molar refractivity (Wildman–Crippen MR) is 48.4 cm³/mol. The van der Waals surface area contributed by atoms with Crippen LogP contribution < -0.4 is 5.73 Å². The van der Waals surface area contributed by atoms with Crippen molar-refractivity contribution in [1.82, 2.24) is 0 Å². The largest absolute Gasteiger partial charge is 0.463 e. The average molecular weight is 170 g/mol. The third kappa shape index (κ3) is 7.28. The van der Waals surface area contributed by atoms with Crippen molar-refractivity contribution in [2.45, 2.75) is 19.3 Å². The summed E-state index contributed by atoms with van der Waals surface area (Å²) in [5.74, 6) is -0.353. The van der Waals surface area contributed by atoms with Crippen LogP contribution in [0.25, 0.3) is 0 Å². The second-order valence-electron chi connectivity index (χ2n) is 2.38. The molecule has 0 aliphatic rings. The van der Waals surface area contributed by atoms with Gasteiger partial charge in [-0.15, -0.1) is 0 Å². The van der Waals surface area contributed by atoms with E-state index in [0.29, 0.717) is 13.2 Å². The molecule has 3 nitrogen and oxygen atoms in total. The molecule has 0 aliphatic heterocycles. The Labute approximate surface area is 73.6 Å². The fourth-order valence-electron chi connectivity index (χ4n) is 0.722. The minimum absolute atomic E-state index is 0.353. The van der Waals surface area contributed by atoms with E-state index in [0.717, 1.165) is 19.3 Å². The monoisotopic (exact) mass is 170 g/mol. The van der Waals surface area contributed by atoms with Gasteiger partial charge in [0.1, 0.15) is 0 Å². The summed E-state index contributed by atoms with van der Waals surface area (Å²) in [6, 6.07) is 0. The van der Waals surface area contributed by atoms with Crippen LogP contribution in [-0.2, 0) is 9.53 Å². The molecule has 69 valence electrons. The van der Waals surface area contributed by atoms with Gasteiger partial charge < -0.3 is 10.5 Å². The van der Waals surface area contributed by atoms with Crippen molar-refractivity contribution >= 4 is 5.97 Å². The maximum atomic E-state index is 10.5. The van der Waals surface area contributed by atoms with E-state index in [1.807, 2.05) is 0 Å². The van der Waals surface area contributed by atoms with E-state index in [2.05, 4.69) is 13.0 Å². The molecular formula is C9H16NO2. The smallest absolute Gasteiger partial charge is 0.330 e. The third-order valence-electron chi connectivity index (χ3n) is 1.33. The molecule has 0 aliphatic carbocycles. The van der Waals surface area contributed by atoms with Gasteiger partial charge in [0.05, 0.1) is 6.61 Å². The molecule has 0 atom stereocenters. The van der Waals surface area contributed by atoms with Gasteiger partial charge in [-0.25, -0.2) is 4.79 Å². The maximum absolute atomic E-state index is 10.5. The normalized spacial score (nSPS) is 9.42. The molecule has 0 aromatic heterocycles. The highest BCUT2D eigenvalue weighted by atomic mass is 16.5. The molecule has 0 amide bonds. The lowest BCUT2D eigenvalue weighted by Crippen LogP contribution is -2.02. The molecule has 0 aromatic carbocycles. The highest BCUT2D eigenvalue weighted by molar-refractivity contribution is 5.81. The van der Waals surface area contributed by atoms with Crippen LogP contribution in [0.15, 0.2) is 12.7 Å². The molecule has 12 heavy (non-hydrogen) atoms. The van der Waals surface area contributed by atoms with Gasteiger partial charge in [-0.2, -0.15) is 0 Å². The zero-order chi connectivity index (χ0) is 9.23. The topological polar surface area (TPSA) is 52.3 Å². The summed E-state index contributed by atoms with van der Waals surface area (Å²) in [7, 11) is 0. The first-order valence-electron chi connectivity index (χ1n) is 4.12. The van der Waals surface area contributed by atoms with Crippen molar-refractivity contribution in [2.24, 2.45) is 5.73 Å². The van der Waals surface area contributed by atoms with Crippen LogP contribution >= 0.6 is 0 Å². The maximum Gasteiger partial charge on any atom is 0.330 e. The Kier molecular flexibility index (Phi) is 7.70. The number of ether oxygens (including phenoxy) is 1. The molecule has 0 saturated heterocycles. The second kappa shape index (κ2) is 8.27. The van der Waals surface area contributed by atoms with E-state index in [9.17, 15) is 4.79 Å². The summed E-state index contributed by atoms with van der Waals surface area (Å²) in [6.45, 7) is 4.44. The van der Waals surface area contributed by atoms with E-state index < -0.39 is 0 Å². The van der Waals surface area contributed by atoms with E-state index in [4.69, 9.17) is 10.5 Å². The van der Waals surface area contributed by atoms with Crippen LogP contribution in [-0.4, -0.2) is 19.1 Å². The van der Waals surface area contributed by atoms with Gasteiger partial charge >= 0.3 is 5.97 Å². The lowest BCUT2D eigenvalue weighted by Gasteiger charge is -2.00. The Morgan fingerprint density at radius 2 is 2.25 bits per heavy atom. The van der Waals surface area contributed by atoms with Crippen molar-refractivity contribution in [1.29, 1.82) is 0 Å². The zero-order valence-corrected chi connectivity index (χ0v) is 7.29. The number of carbonyl (C=O) groups excluding carboxylic acids is 1. The molecule has 0 fully saturated rings. The lowest BCUT2D eigenvalue weighted by molar-refractivity contribution is -0.137. The molecule has 0 saturated carbocycles. The standard InChI is InChI=1S/C9H16NO2/c1-2-9(11)12-8-6-4-3-5-7-10/h2-3H,1,4-8,10H2. The SMILES string of the molecule is C=CC(=O)OCCC[CH]CCN. The van der Waals surface area contributed by atoms with Gasteiger partial charge in [0.2, 0.25) is 0 Å². The van der Waals surface area contributed by atoms with E-state index in [-0.39, 0.29) is 5.97 Å². The quantitative estimate of drug-likeness (QED) is 0.353. The number of rotatable bonds is 7. The van der Waals surface area contributed by atoms with Crippen molar-refractivity contribution in [2.75, 3.05) is 13.2 Å². The highest BCUT2D eigenvalue weighted by Crippen LogP contribution is 1.97. The van der Waals surface area contributed by atoms with Crippen LogP contribution in [0.5, 0.6) is 0 Å². The summed E-state index contributed by atoms with van der Waals surface area (Å²) in [5, 5.41) is 0. The number of carbonyl (C=O) groups is 1. The number of nitrogens with two attached hydrogens (primary N) is 1. The van der Waals surface area contributed by atoms with Crippen molar-refractivity contribution < 1.29 is 9.53 Å². The minimum atomic E-state index is -0.353. The van der Waals surface area contributed by atoms with Crippen molar-refractivity contribution in [3.05, 3.63) is 19.1 Å². The Morgan fingerprint density at radius 3 is 2.83 bits per heavy atom. The molecular weight excluding hydrogens is 154 g/mol. The molecule has 2 N–H and O–H groups in total. The first-order valence-corrected chi connectivity index (χ1v) is 4.12. The van der Waals surface area contributed by atoms with Gasteiger partial charge in [-0.3, -0.25) is 0 Å². The predicted octanol–water partition coefficient (Wildman–Crippen LogP) is 1.05. The Hall–Kier alpha value is -0.830. The summed E-state index contributed by atoms with van der Waals surface area (Å²) < 4.78 is 4.76. The Bertz CT molecular complexity index is 134. The molecule has 0 unspecified atom stereocenters. The van der Waals surface area contributed by atoms with Gasteiger partial charge in [-0.1, -0.05) is 6.58 Å². The minimum Gasteiger partial charge on any atom is -0.463 e. The summed E-state index contributed by atoms with van der Waals surface area (Å²) >= 11 is 0. The summed E-state index contributed by atoms with van der Waals surface area (Å²) in [4.78, 5) is 10.5. The second-order valence-corrected chi connectivity index (χ2v) is 2.38. The molecule has 0 bridgehead atoms. The van der Waals surface area contributed by atoms with Gasteiger partial charge in [-0.05, 0) is 32.2 Å². The summed E-state index contributed by atoms with van der Waals surface area (Å²) in [6.07, 6.45) is 6.00. The Balaban J connectivity index is 3.00. The van der Waals surface area contributed by atoms with Crippen LogP contribution in [0.1, 0.15) is 19.3 Å². The average Bonchev–Trinajstić information content (AvgIpc) is 2.10. The highest BCUT2D eigenvalue weighted by Gasteiger charge is 1.94. The fraction of sp³-hybridized carbons (Fsp3) is 0.556. The van der Waals surface area contributed by atoms with Crippen LogP contribution in [0, 0.1) is 6.42 Å². The van der Waals surface area contributed by atoms with Crippen LogP contribution in [0.3, 0.4) is 0 Å². The lowest BCUT2D eigenvalue weighted by atomic mass is 10.2. The van der Waals surface area contributed by atoms with Gasteiger partial charge in [0.15, 0.2) is 0 Å². The zero-order valence-electron chi connectivity index (χ0n) is 7.29. The van der Waals surface area contributed by atoms with E-state index in [1.165, 1.54) is 6.08 Å². The van der Waals surface area contributed by atoms with E-state index >= 15 is 0 Å². The summed E-state index contributed by atoms with van der Waals surface area (Å²) in [5.41, 5.74) is 5.28. The van der Waals surface area contributed by atoms with Crippen molar-refractivity contribution in [3.8, 4) is 0 Å². The Morgan fingerprint density at radius 1 is 1.50 bits per heavy atom. The van der Waals surface area contributed by atoms with Crippen LogP contribution in [0.2, 0.25) is 0 Å². The molecule has 0 rings (SSSR count). The number of unbranched alkanes of at least 4 members (excludes halogenated alkanes) is 3. The fourth-order valence-corrected chi connectivity index (χ4v) is 0.722. The number of hydrogen-bond acceptors (Lipinski definition) is 3. The van der Waals surface area contributed by atoms with Crippen molar-refractivity contribution in [3.63, 3.8) is 0 Å². The number of hydrogen-bond donors (Lipinski definition) is 1.